The number of aryl methyl sites for hydroxylation is 1. The van der Waals surface area contributed by atoms with E-state index in [4.69, 9.17) is 14.3 Å². The van der Waals surface area contributed by atoms with Crippen molar-refractivity contribution in [1.29, 1.82) is 0 Å². The smallest absolute Gasteiger partial charge is 0.251 e. The van der Waals surface area contributed by atoms with Gasteiger partial charge in [-0.1, -0.05) is 38.5 Å². The highest BCUT2D eigenvalue weighted by atomic mass is 16.5. The van der Waals surface area contributed by atoms with Crippen LogP contribution in [0.2, 0.25) is 0 Å². The lowest BCUT2D eigenvalue weighted by Gasteiger charge is -2.40. The first-order valence-corrected chi connectivity index (χ1v) is 14.2. The molecule has 224 valence electrons. The van der Waals surface area contributed by atoms with Crippen molar-refractivity contribution >= 4 is 24.2 Å². The van der Waals surface area contributed by atoms with E-state index in [9.17, 15) is 4.79 Å². The lowest BCUT2D eigenvalue weighted by atomic mass is 10.0. The third-order valence-electron chi connectivity index (χ3n) is 6.41. The van der Waals surface area contributed by atoms with Crippen molar-refractivity contribution in [1.82, 2.24) is 20.6 Å². The lowest BCUT2D eigenvalue weighted by molar-refractivity contribution is -0.0980. The summed E-state index contributed by atoms with van der Waals surface area (Å²) in [6, 6.07) is 9.49. The van der Waals surface area contributed by atoms with Crippen LogP contribution < -0.4 is 20.9 Å². The fraction of sp³-hybridized carbons (Fsp3) is 0.600. The molecule has 2 aromatic rings. The summed E-state index contributed by atoms with van der Waals surface area (Å²) < 4.78 is 10.0. The van der Waals surface area contributed by atoms with Crippen LogP contribution in [0.4, 0.5) is 11.5 Å². The van der Waals surface area contributed by atoms with Crippen molar-refractivity contribution in [3.05, 3.63) is 47.4 Å². The molecule has 3 N–H and O–H groups in total. The molecule has 0 atom stereocenters. The quantitative estimate of drug-likeness (QED) is 0.372. The van der Waals surface area contributed by atoms with Crippen molar-refractivity contribution in [2.75, 3.05) is 64.3 Å². The van der Waals surface area contributed by atoms with Gasteiger partial charge in [0.2, 0.25) is 0 Å². The van der Waals surface area contributed by atoms with E-state index in [1.807, 2.05) is 58.0 Å². The van der Waals surface area contributed by atoms with Crippen molar-refractivity contribution in [2.24, 2.45) is 0 Å². The van der Waals surface area contributed by atoms with Gasteiger partial charge in [0.25, 0.3) is 5.91 Å². The first-order chi connectivity index (χ1) is 19.5. The van der Waals surface area contributed by atoms with Gasteiger partial charge < -0.3 is 35.1 Å². The molecule has 0 spiro atoms. The summed E-state index contributed by atoms with van der Waals surface area (Å²) in [5, 5.41) is 9.02. The number of hydrogen-bond donors (Lipinski definition) is 3. The van der Waals surface area contributed by atoms with Gasteiger partial charge >= 0.3 is 0 Å². The van der Waals surface area contributed by atoms with Crippen LogP contribution in [-0.2, 0) is 20.8 Å². The van der Waals surface area contributed by atoms with Gasteiger partial charge in [-0.25, -0.2) is 9.97 Å². The van der Waals surface area contributed by atoms with Crippen LogP contribution >= 0.6 is 0 Å². The number of methoxy groups -OCH3 is 2. The number of anilines is 2. The monoisotopic (exact) mass is 558 g/mol. The second kappa shape index (κ2) is 21.7. The van der Waals surface area contributed by atoms with Gasteiger partial charge in [-0.2, -0.15) is 0 Å². The van der Waals surface area contributed by atoms with Crippen molar-refractivity contribution in [3.8, 4) is 0 Å². The van der Waals surface area contributed by atoms with E-state index < -0.39 is 0 Å². The van der Waals surface area contributed by atoms with Gasteiger partial charge in [-0.3, -0.25) is 4.79 Å². The summed E-state index contributed by atoms with van der Waals surface area (Å²) >= 11 is 0. The van der Waals surface area contributed by atoms with Gasteiger partial charge in [0.1, 0.15) is 18.4 Å². The summed E-state index contributed by atoms with van der Waals surface area (Å²) in [6.07, 6.45) is 9.31. The zero-order valence-corrected chi connectivity index (χ0v) is 25.1. The minimum atomic E-state index is -0.115. The molecule has 1 amide bonds. The summed E-state index contributed by atoms with van der Waals surface area (Å²) in [6.45, 7) is 10.5. The number of carbonyl (C=O) groups excluding carboxylic acids is 2. The molecule has 1 saturated carbocycles. The third kappa shape index (κ3) is 13.8. The lowest BCUT2D eigenvalue weighted by Crippen LogP contribution is -2.51. The molecule has 1 aromatic carbocycles. The van der Waals surface area contributed by atoms with Crippen LogP contribution in [0.3, 0.4) is 0 Å². The summed E-state index contributed by atoms with van der Waals surface area (Å²) in [7, 11) is 5.33. The van der Waals surface area contributed by atoms with E-state index in [0.717, 1.165) is 50.0 Å². The molecule has 2 heterocycles. The molecule has 2 fully saturated rings. The normalized spacial score (nSPS) is 14.2. The Balaban J connectivity index is 0.000000470. The average molecular weight is 559 g/mol. The maximum absolute atomic E-state index is 12.4. The Morgan fingerprint density at radius 3 is 2.10 bits per heavy atom. The predicted octanol–water partition coefficient (Wildman–Crippen LogP) is 3.99. The van der Waals surface area contributed by atoms with E-state index in [-0.39, 0.29) is 5.91 Å². The van der Waals surface area contributed by atoms with Crippen molar-refractivity contribution in [2.45, 2.75) is 65.0 Å². The molecule has 4 rings (SSSR count). The number of nitrogens with zero attached hydrogens (tertiary/aromatic N) is 3. The largest absolute Gasteiger partial charge is 0.383 e. The third-order valence-corrected chi connectivity index (χ3v) is 6.41. The SMILES string of the molecule is C1CCCCC1.C=O.CCNc1cc(CNC(=O)c2ccc(N3CC(OC)C3)cc2)nc(C)n1.CNCCOC. The Kier molecular flexibility index (Phi) is 19.0. The minimum absolute atomic E-state index is 0.115. The van der Waals surface area contributed by atoms with Crippen molar-refractivity contribution < 1.29 is 19.1 Å². The topological polar surface area (TPSA) is 118 Å². The molecule has 10 heteroatoms. The molecule has 2 aliphatic rings. The minimum Gasteiger partial charge on any atom is -0.383 e. The highest BCUT2D eigenvalue weighted by Gasteiger charge is 2.26. The maximum atomic E-state index is 12.4. The highest BCUT2D eigenvalue weighted by Crippen LogP contribution is 2.22. The molecule has 0 bridgehead atoms. The van der Waals surface area contributed by atoms with E-state index >= 15 is 0 Å². The Labute approximate surface area is 240 Å². The number of amides is 1. The number of aromatic nitrogens is 2. The molecular weight excluding hydrogens is 508 g/mol. The number of ether oxygens (including phenoxy) is 2. The van der Waals surface area contributed by atoms with Crippen LogP contribution in [0.25, 0.3) is 0 Å². The van der Waals surface area contributed by atoms with Crippen LogP contribution in [-0.4, -0.2) is 82.8 Å². The molecule has 0 radical (unpaired) electrons. The molecule has 1 aliphatic carbocycles. The first-order valence-electron chi connectivity index (χ1n) is 14.2. The van der Waals surface area contributed by atoms with Crippen LogP contribution in [0.15, 0.2) is 30.3 Å². The average Bonchev–Trinajstić information content (AvgIpc) is 2.97. The molecule has 10 nitrogen and oxygen atoms in total. The fourth-order valence-electron chi connectivity index (χ4n) is 4.15. The zero-order chi connectivity index (χ0) is 29.6. The molecule has 1 aromatic heterocycles. The number of nitrogens with one attached hydrogen (secondary N) is 3. The number of hydrogen-bond acceptors (Lipinski definition) is 9. The molecule has 0 unspecified atom stereocenters. The number of carbonyl (C=O) groups is 2. The fourth-order valence-corrected chi connectivity index (χ4v) is 4.15. The van der Waals surface area contributed by atoms with Crippen molar-refractivity contribution in [3.63, 3.8) is 0 Å². The van der Waals surface area contributed by atoms with E-state index in [1.165, 1.54) is 38.5 Å². The molecule has 1 saturated heterocycles. The summed E-state index contributed by atoms with van der Waals surface area (Å²) in [5.41, 5.74) is 2.52. The summed E-state index contributed by atoms with van der Waals surface area (Å²) in [4.78, 5) is 31.3. The van der Waals surface area contributed by atoms with E-state index in [2.05, 4.69) is 30.8 Å². The Morgan fingerprint density at radius 2 is 1.62 bits per heavy atom. The van der Waals surface area contributed by atoms with Gasteiger partial charge in [-0.15, -0.1) is 0 Å². The van der Waals surface area contributed by atoms with Gasteiger partial charge in [0.05, 0.1) is 24.9 Å². The molecule has 1 aliphatic heterocycles. The standard InChI is InChI=1S/C19H25N5O2.C6H12.C4H11NO.CH2O/c1-4-20-18-9-15(22-13(2)23-18)10-21-19(25)14-5-7-16(8-6-14)24-11-17(12-24)26-3;1-2-4-6-5-3-1;1-5-3-4-6-2;1-2/h5-9,17H,4,10-12H2,1-3H3,(H,21,25)(H,20,22,23);1-6H2;5H,3-4H2,1-2H3;1H2. The van der Waals surface area contributed by atoms with Gasteiger partial charge in [0, 0.05) is 57.7 Å². The highest BCUT2D eigenvalue weighted by molar-refractivity contribution is 5.94. The number of benzene rings is 1. The van der Waals surface area contributed by atoms with Gasteiger partial charge in [-0.05, 0) is 45.2 Å². The van der Waals surface area contributed by atoms with E-state index in [0.29, 0.717) is 24.0 Å². The van der Waals surface area contributed by atoms with Crippen LogP contribution in [0.1, 0.15) is 67.3 Å². The maximum Gasteiger partial charge on any atom is 0.251 e. The predicted molar refractivity (Wildman–Crippen MR) is 162 cm³/mol. The second-order valence-electron chi connectivity index (χ2n) is 9.53. The van der Waals surface area contributed by atoms with E-state index in [1.54, 1.807) is 14.2 Å². The van der Waals surface area contributed by atoms with Gasteiger partial charge in [0.15, 0.2) is 0 Å². The Morgan fingerprint density at radius 1 is 1.02 bits per heavy atom. The second-order valence-corrected chi connectivity index (χ2v) is 9.53. The number of rotatable bonds is 10. The zero-order valence-electron chi connectivity index (χ0n) is 25.1. The number of likely N-dealkylation sites (N-methyl/N-ethyl adjacent to an activating group) is 1. The summed E-state index contributed by atoms with van der Waals surface area (Å²) in [5.74, 6) is 1.34. The van der Waals surface area contributed by atoms with Crippen LogP contribution in [0, 0.1) is 6.92 Å². The molecular formula is C30H50N6O4. The first kappa shape index (κ1) is 34.9. The molecule has 40 heavy (non-hydrogen) atoms. The Bertz CT molecular complexity index is 919. The Hall–Kier alpha value is -3.08. The van der Waals surface area contributed by atoms with Crippen LogP contribution in [0.5, 0.6) is 0 Å².